The van der Waals surface area contributed by atoms with Crippen LogP contribution in [0.5, 0.6) is 0 Å². The minimum Gasteiger partial charge on any atom is -0.356 e. The van der Waals surface area contributed by atoms with Gasteiger partial charge in [0.15, 0.2) is 0 Å². The third kappa shape index (κ3) is 2.76. The molecule has 1 unspecified atom stereocenters. The molecule has 4 nitrogen and oxygen atoms in total. The Morgan fingerprint density at radius 3 is 2.52 bits per heavy atom. The lowest BCUT2D eigenvalue weighted by atomic mass is 10.1. The highest BCUT2D eigenvalue weighted by molar-refractivity contribution is 5.41. The number of nitrogens with zero attached hydrogens (tertiary/aromatic N) is 3. The van der Waals surface area contributed by atoms with E-state index in [9.17, 15) is 4.39 Å². The summed E-state index contributed by atoms with van der Waals surface area (Å²) in [5.74, 6) is 1.13. The minimum atomic E-state index is -0.402. The summed E-state index contributed by atoms with van der Waals surface area (Å²) in [5, 5.41) is 3.24. The molecular weight excluding hydrogens is 267 g/mol. The van der Waals surface area contributed by atoms with E-state index in [1.54, 1.807) is 24.5 Å². The number of anilines is 1. The van der Waals surface area contributed by atoms with Crippen molar-refractivity contribution in [3.63, 3.8) is 0 Å². The summed E-state index contributed by atoms with van der Waals surface area (Å²) < 4.78 is 16.0. The molecular formula is C16H15FN4. The van der Waals surface area contributed by atoms with E-state index in [0.29, 0.717) is 11.4 Å². The third-order valence-corrected chi connectivity index (χ3v) is 3.29. The number of aromatic nitrogens is 3. The monoisotopic (exact) mass is 282 g/mol. The van der Waals surface area contributed by atoms with Crippen LogP contribution in [0.15, 0.2) is 61.1 Å². The average molecular weight is 282 g/mol. The van der Waals surface area contributed by atoms with E-state index in [1.807, 2.05) is 42.1 Å². The van der Waals surface area contributed by atoms with Crippen LogP contribution in [0.4, 0.5) is 10.2 Å². The predicted molar refractivity (Wildman–Crippen MR) is 79.3 cm³/mol. The summed E-state index contributed by atoms with van der Waals surface area (Å²) in [6, 6.07) is 11.9. The number of nitrogens with one attached hydrogen (secondary N) is 1. The summed E-state index contributed by atoms with van der Waals surface area (Å²) in [4.78, 5) is 8.58. The van der Waals surface area contributed by atoms with Crippen molar-refractivity contribution in [2.45, 2.75) is 6.04 Å². The third-order valence-electron chi connectivity index (χ3n) is 3.29. The van der Waals surface area contributed by atoms with Gasteiger partial charge in [-0.2, -0.15) is 0 Å². The van der Waals surface area contributed by atoms with E-state index in [2.05, 4.69) is 15.3 Å². The topological polar surface area (TPSA) is 42.7 Å². The number of aryl methyl sites for hydroxylation is 1. The highest BCUT2D eigenvalue weighted by Crippen LogP contribution is 2.26. The largest absolute Gasteiger partial charge is 0.356 e. The minimum absolute atomic E-state index is 0.270. The zero-order valence-electron chi connectivity index (χ0n) is 11.6. The molecule has 0 aliphatic heterocycles. The Labute approximate surface area is 122 Å². The molecule has 2 aromatic heterocycles. The lowest BCUT2D eigenvalue weighted by molar-refractivity contribution is 0.596. The second-order valence-electron chi connectivity index (χ2n) is 4.71. The van der Waals surface area contributed by atoms with Crippen molar-refractivity contribution in [3.8, 4) is 0 Å². The Hall–Kier alpha value is -2.69. The highest BCUT2D eigenvalue weighted by Gasteiger charge is 2.21. The molecule has 0 amide bonds. The zero-order chi connectivity index (χ0) is 14.7. The average Bonchev–Trinajstić information content (AvgIpc) is 2.93. The van der Waals surface area contributed by atoms with E-state index in [1.165, 1.54) is 6.07 Å². The van der Waals surface area contributed by atoms with Crippen molar-refractivity contribution in [2.75, 3.05) is 5.32 Å². The number of rotatable bonds is 4. The molecule has 1 N–H and O–H groups in total. The first kappa shape index (κ1) is 13.3. The fourth-order valence-electron chi connectivity index (χ4n) is 2.24. The Morgan fingerprint density at radius 1 is 1.05 bits per heavy atom. The van der Waals surface area contributed by atoms with Crippen LogP contribution in [0, 0.1) is 5.82 Å². The molecule has 3 aromatic rings. The van der Waals surface area contributed by atoms with Crippen LogP contribution < -0.4 is 5.32 Å². The first-order valence-electron chi connectivity index (χ1n) is 6.65. The molecule has 21 heavy (non-hydrogen) atoms. The normalized spacial score (nSPS) is 12.1. The van der Waals surface area contributed by atoms with Gasteiger partial charge in [0, 0.05) is 31.2 Å². The van der Waals surface area contributed by atoms with E-state index < -0.39 is 6.04 Å². The number of halogens is 1. The molecule has 0 radical (unpaired) electrons. The maximum Gasteiger partial charge on any atom is 0.135 e. The molecule has 0 bridgehead atoms. The first-order chi connectivity index (χ1) is 10.3. The summed E-state index contributed by atoms with van der Waals surface area (Å²) in [6.45, 7) is 0. The van der Waals surface area contributed by atoms with E-state index in [4.69, 9.17) is 0 Å². The summed E-state index contributed by atoms with van der Waals surface area (Å²) in [7, 11) is 1.89. The van der Waals surface area contributed by atoms with Gasteiger partial charge in [0.1, 0.15) is 23.5 Å². The number of benzene rings is 1. The summed E-state index contributed by atoms with van der Waals surface area (Å²) in [6.07, 6.45) is 5.23. The standard InChI is InChI=1S/C16H15FN4/c1-21-11-10-19-16(21)15(12-6-2-3-7-13(12)17)20-14-8-4-5-9-18-14/h2-11,15H,1H3,(H,18,20). The Bertz CT molecular complexity index is 724. The second kappa shape index (κ2) is 5.75. The molecule has 5 heteroatoms. The van der Waals surface area contributed by atoms with E-state index >= 15 is 0 Å². The van der Waals surface area contributed by atoms with Gasteiger partial charge in [-0.3, -0.25) is 0 Å². The molecule has 0 saturated heterocycles. The fraction of sp³-hybridized carbons (Fsp3) is 0.125. The van der Waals surface area contributed by atoms with Crippen molar-refractivity contribution in [3.05, 3.63) is 78.3 Å². The Balaban J connectivity index is 2.04. The number of imidazole rings is 1. The van der Waals surface area contributed by atoms with Crippen molar-refractivity contribution in [1.82, 2.24) is 14.5 Å². The van der Waals surface area contributed by atoms with E-state index in [-0.39, 0.29) is 5.82 Å². The van der Waals surface area contributed by atoms with Crippen molar-refractivity contribution in [2.24, 2.45) is 7.05 Å². The molecule has 0 aliphatic rings. The van der Waals surface area contributed by atoms with Crippen molar-refractivity contribution < 1.29 is 4.39 Å². The van der Waals surface area contributed by atoms with Crippen molar-refractivity contribution in [1.29, 1.82) is 0 Å². The SMILES string of the molecule is Cn1ccnc1C(Nc1ccccn1)c1ccccc1F. The lowest BCUT2D eigenvalue weighted by Gasteiger charge is -2.20. The van der Waals surface area contributed by atoms with Gasteiger partial charge in [0.2, 0.25) is 0 Å². The van der Waals surface area contributed by atoms with Crippen LogP contribution in [0.25, 0.3) is 0 Å². The lowest BCUT2D eigenvalue weighted by Crippen LogP contribution is -2.18. The van der Waals surface area contributed by atoms with Gasteiger partial charge in [0.05, 0.1) is 0 Å². The molecule has 0 saturated carbocycles. The van der Waals surface area contributed by atoms with Gasteiger partial charge in [0.25, 0.3) is 0 Å². The Morgan fingerprint density at radius 2 is 1.86 bits per heavy atom. The molecule has 1 aromatic carbocycles. The molecule has 2 heterocycles. The number of hydrogen-bond donors (Lipinski definition) is 1. The van der Waals surface area contributed by atoms with Crippen molar-refractivity contribution >= 4 is 5.82 Å². The quantitative estimate of drug-likeness (QED) is 0.799. The van der Waals surface area contributed by atoms with Gasteiger partial charge in [-0.25, -0.2) is 14.4 Å². The Kier molecular flexibility index (Phi) is 3.64. The van der Waals surface area contributed by atoms with E-state index in [0.717, 1.165) is 5.82 Å². The zero-order valence-corrected chi connectivity index (χ0v) is 11.6. The van der Waals surface area contributed by atoms with Crippen LogP contribution in [-0.4, -0.2) is 14.5 Å². The van der Waals surface area contributed by atoms with Crippen LogP contribution in [0.2, 0.25) is 0 Å². The molecule has 106 valence electrons. The molecule has 0 aliphatic carbocycles. The second-order valence-corrected chi connectivity index (χ2v) is 4.71. The predicted octanol–water partition coefficient (Wildman–Crippen LogP) is 3.16. The molecule has 0 fully saturated rings. The maximum absolute atomic E-state index is 14.2. The molecule has 3 rings (SSSR count). The van der Waals surface area contributed by atoms with Crippen LogP contribution >= 0.6 is 0 Å². The fourth-order valence-corrected chi connectivity index (χ4v) is 2.24. The van der Waals surface area contributed by atoms with Crippen LogP contribution in [-0.2, 0) is 7.05 Å². The maximum atomic E-state index is 14.2. The summed E-state index contributed by atoms with van der Waals surface area (Å²) in [5.41, 5.74) is 0.539. The first-order valence-corrected chi connectivity index (χ1v) is 6.65. The van der Waals surface area contributed by atoms with Gasteiger partial charge in [-0.15, -0.1) is 0 Å². The van der Waals surface area contributed by atoms with Crippen LogP contribution in [0.1, 0.15) is 17.4 Å². The van der Waals surface area contributed by atoms with Gasteiger partial charge < -0.3 is 9.88 Å². The summed E-state index contributed by atoms with van der Waals surface area (Å²) >= 11 is 0. The highest BCUT2D eigenvalue weighted by atomic mass is 19.1. The smallest absolute Gasteiger partial charge is 0.135 e. The molecule has 0 spiro atoms. The van der Waals surface area contributed by atoms with Crippen LogP contribution in [0.3, 0.4) is 0 Å². The number of hydrogen-bond acceptors (Lipinski definition) is 3. The molecule has 1 atom stereocenters. The van der Waals surface area contributed by atoms with Gasteiger partial charge >= 0.3 is 0 Å². The van der Waals surface area contributed by atoms with Gasteiger partial charge in [-0.1, -0.05) is 24.3 Å². The number of pyridine rings is 1. The van der Waals surface area contributed by atoms with Gasteiger partial charge in [-0.05, 0) is 18.2 Å².